The van der Waals surface area contributed by atoms with Gasteiger partial charge in [-0.1, -0.05) is 40.6 Å². The van der Waals surface area contributed by atoms with Crippen molar-refractivity contribution < 1.29 is 57.2 Å². The number of likely N-dealkylation sites (N-methyl/N-ethyl adjacent to an activating group) is 2. The molecule has 2 aromatic rings. The van der Waals surface area contributed by atoms with Crippen LogP contribution < -0.4 is 18.9 Å². The summed E-state index contributed by atoms with van der Waals surface area (Å²) in [5.41, 5.74) is -0.260. The van der Waals surface area contributed by atoms with Gasteiger partial charge in [0.05, 0.1) is 24.3 Å². The molecule has 0 radical (unpaired) electrons. The molecule has 0 saturated carbocycles. The maximum atomic E-state index is 12.0. The summed E-state index contributed by atoms with van der Waals surface area (Å²) in [5.74, 6) is 4.38. The van der Waals surface area contributed by atoms with Gasteiger partial charge in [-0.25, -0.2) is 9.59 Å². The third-order valence-corrected chi connectivity index (χ3v) is 8.66. The number of halogens is 1. The molecular weight excluding hydrogens is 791 g/mol. The fourth-order valence-electron chi connectivity index (χ4n) is 4.68. The number of ether oxygens (including phenoxy) is 6. The number of fused-ring (bicyclic) bond motifs is 2. The Hall–Kier alpha value is -4.25. The van der Waals surface area contributed by atoms with E-state index in [1.54, 1.807) is 72.8 Å². The first kappa shape index (κ1) is 47.9. The van der Waals surface area contributed by atoms with Crippen LogP contribution in [0, 0.1) is 0 Å². The second kappa shape index (κ2) is 20.3. The van der Waals surface area contributed by atoms with Gasteiger partial charge in [-0.05, 0) is 99.1 Å². The largest absolute Gasteiger partial charge is 0.486 e. The molecule has 310 valence electrons. The summed E-state index contributed by atoms with van der Waals surface area (Å²) in [6, 6.07) is 9.27. The number of carbonyl (C=O) groups excluding carboxylic acids is 3. The maximum Gasteiger partial charge on any atom is 0.486 e. The molecule has 1 unspecified atom stereocenters. The number of rotatable bonds is 7. The van der Waals surface area contributed by atoms with Crippen LogP contribution in [0.25, 0.3) is 6.08 Å². The monoisotopic (exact) mass is 848 g/mol. The third kappa shape index (κ3) is 14.7. The van der Waals surface area contributed by atoms with Gasteiger partial charge in [-0.3, -0.25) is 0 Å². The molecular formula is C40H58BBrN2O12. The van der Waals surface area contributed by atoms with E-state index in [0.717, 1.165) is 21.5 Å². The highest BCUT2D eigenvalue weighted by Gasteiger charge is 2.49. The van der Waals surface area contributed by atoms with Crippen molar-refractivity contribution in [1.82, 2.24) is 9.80 Å². The number of aliphatic hydroxyl groups is 1. The number of amides is 2. The number of aldehydes is 1. The molecule has 56 heavy (non-hydrogen) atoms. The zero-order chi connectivity index (χ0) is 42.6. The van der Waals surface area contributed by atoms with E-state index in [1.807, 2.05) is 45.9 Å². The Morgan fingerprint density at radius 2 is 1.36 bits per heavy atom. The normalized spacial score (nSPS) is 15.9. The predicted octanol–water partition coefficient (Wildman–Crippen LogP) is 7.99. The van der Waals surface area contributed by atoms with E-state index < -0.39 is 29.5 Å². The molecule has 14 nitrogen and oxygen atoms in total. The third-order valence-electron chi connectivity index (χ3n) is 8.17. The molecule has 1 N–H and O–H groups in total. The van der Waals surface area contributed by atoms with E-state index in [0.29, 0.717) is 30.1 Å². The van der Waals surface area contributed by atoms with Crippen LogP contribution in [-0.2, 0) is 23.6 Å². The maximum absolute atomic E-state index is 12.0. The SMILES string of the molecule is Brc1ccc2c(c1)OCO2.C=CB1OC(C)(C)C(C)(C)O1.C=Cc1ccc2c(c1C(O)CN(C)C(=O)OC(C)(C)C)OCO2.CN(CC=O)C(=O)OC(C)(C)C. The van der Waals surface area contributed by atoms with Gasteiger partial charge in [0.15, 0.2) is 23.0 Å². The average molecular weight is 850 g/mol. The first-order valence-corrected chi connectivity index (χ1v) is 18.7. The van der Waals surface area contributed by atoms with Crippen molar-refractivity contribution in [1.29, 1.82) is 0 Å². The van der Waals surface area contributed by atoms with Crippen molar-refractivity contribution in [3.8, 4) is 23.0 Å². The van der Waals surface area contributed by atoms with Gasteiger partial charge in [0, 0.05) is 24.1 Å². The predicted molar refractivity (Wildman–Crippen MR) is 218 cm³/mol. The highest BCUT2D eigenvalue weighted by molar-refractivity contribution is 9.10. The van der Waals surface area contributed by atoms with Crippen LogP contribution in [0.5, 0.6) is 23.0 Å². The van der Waals surface area contributed by atoms with Gasteiger partial charge in [0.2, 0.25) is 13.6 Å². The zero-order valence-electron chi connectivity index (χ0n) is 34.7. The van der Waals surface area contributed by atoms with Crippen molar-refractivity contribution >= 4 is 47.6 Å². The van der Waals surface area contributed by atoms with Crippen molar-refractivity contribution in [2.24, 2.45) is 0 Å². The summed E-state index contributed by atoms with van der Waals surface area (Å²) in [4.78, 5) is 35.7. The summed E-state index contributed by atoms with van der Waals surface area (Å²) in [5, 5.41) is 10.6. The van der Waals surface area contributed by atoms with Gasteiger partial charge in [-0.15, -0.1) is 6.58 Å². The molecule has 0 aromatic heterocycles. The first-order chi connectivity index (χ1) is 25.8. The molecule has 2 amide bonds. The standard InChI is InChI=1S/C17H23NO5.C8H15BO2.C8H15NO3.C7H5BrO2/c1-6-11-7-8-13-15(22-10-21-13)14(11)12(19)9-18(5)16(20)23-17(2,3)4;1-6-9-10-7(2,3)8(4,5)11-9;1-8(2,3)12-7(11)9(4)5-6-10;8-5-1-2-6-7(3-5)10-4-9-6/h6-8,12,19H,1,9-10H2,2-5H3;6H,1H2,2-5H3;6H,5H2,1-4H3;1-3H,4H2. The lowest BCUT2D eigenvalue weighted by molar-refractivity contribution is -0.108. The van der Waals surface area contributed by atoms with Crippen LogP contribution in [0.4, 0.5) is 9.59 Å². The summed E-state index contributed by atoms with van der Waals surface area (Å²) in [6.45, 7) is 26.8. The van der Waals surface area contributed by atoms with Crippen molar-refractivity contribution in [2.45, 2.75) is 97.7 Å². The molecule has 16 heteroatoms. The summed E-state index contributed by atoms with van der Waals surface area (Å²) >= 11 is 3.33. The average Bonchev–Trinajstić information content (AvgIpc) is 3.80. The van der Waals surface area contributed by atoms with Crippen LogP contribution in [-0.4, -0.2) is 104 Å². The molecule has 0 bridgehead atoms. The number of carbonyl (C=O) groups is 3. The molecule has 3 aliphatic rings. The number of benzene rings is 2. The molecule has 0 aliphatic carbocycles. The number of aliphatic hydroxyl groups excluding tert-OH is 1. The van der Waals surface area contributed by atoms with Crippen molar-refractivity contribution in [3.05, 3.63) is 65.1 Å². The van der Waals surface area contributed by atoms with Gasteiger partial charge in [0.1, 0.15) is 23.6 Å². The molecule has 1 fully saturated rings. The molecule has 5 rings (SSSR count). The summed E-state index contributed by atoms with van der Waals surface area (Å²) in [7, 11) is 2.84. The highest BCUT2D eigenvalue weighted by atomic mass is 79.9. The van der Waals surface area contributed by atoms with Crippen LogP contribution in [0.3, 0.4) is 0 Å². The minimum atomic E-state index is -0.947. The van der Waals surface area contributed by atoms with E-state index in [-0.39, 0.29) is 38.2 Å². The van der Waals surface area contributed by atoms with Crippen LogP contribution in [0.15, 0.2) is 53.9 Å². The number of hydrogen-bond donors (Lipinski definition) is 1. The molecule has 1 atom stereocenters. The molecule has 1 saturated heterocycles. The van der Waals surface area contributed by atoms with Gasteiger partial charge < -0.3 is 57.4 Å². The Labute approximate surface area is 340 Å². The second-order valence-electron chi connectivity index (χ2n) is 15.8. The highest BCUT2D eigenvalue weighted by Crippen LogP contribution is 2.41. The van der Waals surface area contributed by atoms with E-state index in [2.05, 4.69) is 29.1 Å². The Morgan fingerprint density at radius 1 is 0.857 bits per heavy atom. The Morgan fingerprint density at radius 3 is 1.86 bits per heavy atom. The lowest BCUT2D eigenvalue weighted by atomic mass is 9.90. The molecule has 0 spiro atoms. The van der Waals surface area contributed by atoms with E-state index in [1.165, 1.54) is 16.8 Å². The number of nitrogens with zero attached hydrogens (tertiary/aromatic N) is 2. The van der Waals surface area contributed by atoms with Gasteiger partial charge in [0.25, 0.3) is 0 Å². The molecule has 3 aliphatic heterocycles. The zero-order valence-corrected chi connectivity index (χ0v) is 36.3. The minimum Gasteiger partial charge on any atom is -0.454 e. The van der Waals surface area contributed by atoms with E-state index in [4.69, 9.17) is 37.7 Å². The second-order valence-corrected chi connectivity index (χ2v) is 16.7. The van der Waals surface area contributed by atoms with Gasteiger partial charge in [-0.2, -0.15) is 0 Å². The fraction of sp³-hybridized carbons (Fsp3) is 0.525. The minimum absolute atomic E-state index is 0.0644. The van der Waals surface area contributed by atoms with Crippen molar-refractivity contribution in [2.75, 3.05) is 40.8 Å². The lowest BCUT2D eigenvalue weighted by Gasteiger charge is -2.32. The van der Waals surface area contributed by atoms with Crippen molar-refractivity contribution in [3.63, 3.8) is 0 Å². The Balaban J connectivity index is 0.000000278. The molecule has 3 heterocycles. The van der Waals surface area contributed by atoms with Crippen LogP contribution >= 0.6 is 15.9 Å². The quantitative estimate of drug-likeness (QED) is 0.212. The smallest absolute Gasteiger partial charge is 0.454 e. The fourth-order valence-corrected chi connectivity index (χ4v) is 5.02. The van der Waals surface area contributed by atoms with E-state index in [9.17, 15) is 19.5 Å². The summed E-state index contributed by atoms with van der Waals surface area (Å²) in [6.07, 6.45) is 0.367. The number of hydrogen-bond acceptors (Lipinski definition) is 12. The Kier molecular flexibility index (Phi) is 17.3. The lowest BCUT2D eigenvalue weighted by Crippen LogP contribution is -2.41. The van der Waals surface area contributed by atoms with Crippen LogP contribution in [0.2, 0.25) is 0 Å². The van der Waals surface area contributed by atoms with Gasteiger partial charge >= 0.3 is 19.3 Å². The summed E-state index contributed by atoms with van der Waals surface area (Å²) < 4.78 is 43.4. The Bertz CT molecular complexity index is 1660. The topological polar surface area (TPSA) is 152 Å². The van der Waals surface area contributed by atoms with Crippen LogP contribution in [0.1, 0.15) is 86.5 Å². The first-order valence-electron chi connectivity index (χ1n) is 17.9. The van der Waals surface area contributed by atoms with E-state index >= 15 is 0 Å². The molecule has 2 aromatic carbocycles.